The Balaban J connectivity index is 1.58. The molecule has 38 heavy (non-hydrogen) atoms. The predicted molar refractivity (Wildman–Crippen MR) is 140 cm³/mol. The van der Waals surface area contributed by atoms with Crippen molar-refractivity contribution in [2.24, 2.45) is 0 Å². The van der Waals surface area contributed by atoms with Gasteiger partial charge in [0.2, 0.25) is 9.84 Å². The first-order valence-electron chi connectivity index (χ1n) is 11.6. The zero-order valence-corrected chi connectivity index (χ0v) is 22.5. The topological polar surface area (TPSA) is 92.4 Å². The maximum Gasteiger partial charge on any atom is 0.205 e. The van der Waals surface area contributed by atoms with Gasteiger partial charge in [-0.25, -0.2) is 22.2 Å². The summed E-state index contributed by atoms with van der Waals surface area (Å²) in [4.78, 5) is 4.34. The lowest BCUT2D eigenvalue weighted by Crippen LogP contribution is -2.15. The molecule has 4 aromatic rings. The minimum Gasteiger partial charge on any atom is -0.384 e. The van der Waals surface area contributed by atoms with E-state index in [2.05, 4.69) is 4.98 Å². The Morgan fingerprint density at radius 3 is 2.45 bits per heavy atom. The van der Waals surface area contributed by atoms with Crippen LogP contribution in [0.5, 0.6) is 0 Å². The number of sulfone groups is 1. The van der Waals surface area contributed by atoms with Crippen molar-refractivity contribution in [2.45, 2.75) is 42.6 Å². The lowest BCUT2D eigenvalue weighted by atomic mass is 10.0. The quantitative estimate of drug-likeness (QED) is 0.322. The first-order valence-corrected chi connectivity index (χ1v) is 13.9. The number of aliphatic hydroxyl groups excluding tert-OH is 1. The van der Waals surface area contributed by atoms with E-state index in [1.165, 1.54) is 24.3 Å². The fraction of sp³-hybridized carbons (Fsp3) is 0.222. The van der Waals surface area contributed by atoms with Crippen molar-refractivity contribution in [2.75, 3.05) is 0 Å². The highest BCUT2D eigenvalue weighted by molar-refractivity contribution is 7.92. The number of benzene rings is 3. The fourth-order valence-corrected chi connectivity index (χ4v) is 6.43. The molecule has 0 aliphatic carbocycles. The van der Waals surface area contributed by atoms with Gasteiger partial charge in [-0.1, -0.05) is 35.3 Å². The number of fused-ring (bicyclic) bond motifs is 1. The van der Waals surface area contributed by atoms with E-state index >= 15 is 0 Å². The molecule has 0 spiro atoms. The van der Waals surface area contributed by atoms with Crippen LogP contribution in [0.25, 0.3) is 16.8 Å². The molecule has 0 radical (unpaired) electrons. The van der Waals surface area contributed by atoms with Gasteiger partial charge in [0.25, 0.3) is 0 Å². The molecule has 2 heterocycles. The number of nitrogens with zero attached hydrogens (tertiary/aromatic N) is 2. The van der Waals surface area contributed by atoms with Gasteiger partial charge in [0, 0.05) is 29.6 Å². The van der Waals surface area contributed by atoms with E-state index in [0.29, 0.717) is 28.3 Å². The van der Waals surface area contributed by atoms with Gasteiger partial charge in [-0.2, -0.15) is 0 Å². The summed E-state index contributed by atoms with van der Waals surface area (Å²) in [6.07, 6.45) is 1.55. The normalized spacial score (nSPS) is 16.6. The van der Waals surface area contributed by atoms with Gasteiger partial charge in [0.05, 0.1) is 21.3 Å². The van der Waals surface area contributed by atoms with Crippen LogP contribution in [0.4, 0.5) is 8.78 Å². The standard InChI is InChI=1S/C27H22Cl2F2N2O4S/c1-27(2,35)24-13-33(25(32-24)10-15-3-5-17(30)11-19(15)28)22-6-4-14(7-20(22)29)16-8-21(31)18-12-26(34)38(36,37)23(18)9-16/h3-9,11,13,26,34-35H,10,12H2,1-2H3. The largest absolute Gasteiger partial charge is 0.384 e. The predicted octanol–water partition coefficient (Wildman–Crippen LogP) is 5.59. The van der Waals surface area contributed by atoms with Crippen molar-refractivity contribution < 1.29 is 27.4 Å². The second-order valence-electron chi connectivity index (χ2n) is 9.69. The summed E-state index contributed by atoms with van der Waals surface area (Å²) >= 11 is 12.9. The summed E-state index contributed by atoms with van der Waals surface area (Å²) < 4.78 is 54.9. The van der Waals surface area contributed by atoms with Crippen LogP contribution in [-0.4, -0.2) is 33.6 Å². The smallest absolute Gasteiger partial charge is 0.205 e. The van der Waals surface area contributed by atoms with Crippen LogP contribution in [0.2, 0.25) is 10.0 Å². The van der Waals surface area contributed by atoms with Crippen LogP contribution in [-0.2, 0) is 28.3 Å². The molecule has 0 saturated heterocycles. The lowest BCUT2D eigenvalue weighted by Gasteiger charge is -2.13. The highest BCUT2D eigenvalue weighted by atomic mass is 35.5. The Morgan fingerprint density at radius 2 is 1.79 bits per heavy atom. The van der Waals surface area contributed by atoms with Gasteiger partial charge in [-0.15, -0.1) is 0 Å². The molecule has 1 aliphatic heterocycles. The summed E-state index contributed by atoms with van der Waals surface area (Å²) in [7, 11) is -4.04. The maximum atomic E-state index is 14.8. The summed E-state index contributed by atoms with van der Waals surface area (Å²) in [5.41, 5.74) is -0.745. The van der Waals surface area contributed by atoms with Crippen molar-refractivity contribution in [1.82, 2.24) is 9.55 Å². The number of hydrogen-bond donors (Lipinski definition) is 2. The number of imidazole rings is 1. The molecule has 0 saturated carbocycles. The van der Waals surface area contributed by atoms with Crippen molar-refractivity contribution in [3.63, 3.8) is 0 Å². The summed E-state index contributed by atoms with van der Waals surface area (Å²) in [5, 5.41) is 20.9. The summed E-state index contributed by atoms with van der Waals surface area (Å²) in [6, 6.07) is 11.5. The third-order valence-corrected chi connectivity index (χ3v) is 9.02. The third kappa shape index (κ3) is 4.74. The first kappa shape index (κ1) is 26.8. The number of halogens is 4. The van der Waals surface area contributed by atoms with Crippen molar-refractivity contribution >= 4 is 33.0 Å². The van der Waals surface area contributed by atoms with Crippen LogP contribution in [0, 0.1) is 11.6 Å². The van der Waals surface area contributed by atoms with E-state index in [4.69, 9.17) is 23.2 Å². The molecule has 1 unspecified atom stereocenters. The molecule has 0 amide bonds. The Labute approximate surface area is 228 Å². The molecule has 198 valence electrons. The molecule has 1 aliphatic rings. The van der Waals surface area contributed by atoms with Gasteiger partial charge in [-0.05, 0) is 66.9 Å². The van der Waals surface area contributed by atoms with Crippen LogP contribution in [0.15, 0.2) is 59.6 Å². The Hall–Kier alpha value is -2.82. The molecule has 1 aromatic heterocycles. The Morgan fingerprint density at radius 1 is 1.05 bits per heavy atom. The van der Waals surface area contributed by atoms with Gasteiger partial charge in [-0.3, -0.25) is 0 Å². The van der Waals surface area contributed by atoms with Crippen molar-refractivity contribution in [3.8, 4) is 16.8 Å². The maximum absolute atomic E-state index is 14.8. The van der Waals surface area contributed by atoms with Gasteiger partial charge < -0.3 is 14.8 Å². The van der Waals surface area contributed by atoms with E-state index in [1.54, 1.807) is 48.9 Å². The second-order valence-corrected chi connectivity index (χ2v) is 12.6. The number of aromatic nitrogens is 2. The van der Waals surface area contributed by atoms with Crippen LogP contribution < -0.4 is 0 Å². The summed E-state index contributed by atoms with van der Waals surface area (Å²) in [5.74, 6) is -0.710. The Bertz CT molecular complexity index is 1700. The Kier molecular flexibility index (Phi) is 6.64. The van der Waals surface area contributed by atoms with Crippen LogP contribution >= 0.6 is 23.2 Å². The van der Waals surface area contributed by atoms with Gasteiger partial charge in [0.15, 0.2) is 5.44 Å². The number of aliphatic hydroxyl groups is 2. The average molecular weight is 579 g/mol. The number of rotatable bonds is 5. The molecular weight excluding hydrogens is 557 g/mol. The summed E-state index contributed by atoms with van der Waals surface area (Å²) in [6.45, 7) is 3.18. The van der Waals surface area contributed by atoms with E-state index in [1.807, 2.05) is 0 Å². The molecule has 2 N–H and O–H groups in total. The van der Waals surface area contributed by atoms with Crippen LogP contribution in [0.3, 0.4) is 0 Å². The molecule has 0 bridgehead atoms. The van der Waals surface area contributed by atoms with E-state index in [0.717, 1.165) is 0 Å². The van der Waals surface area contributed by atoms with Crippen molar-refractivity contribution in [3.05, 3.63) is 99.1 Å². The lowest BCUT2D eigenvalue weighted by molar-refractivity contribution is 0.0741. The zero-order chi connectivity index (χ0) is 27.6. The molecule has 6 nitrogen and oxygen atoms in total. The molecule has 3 aromatic carbocycles. The molecule has 5 rings (SSSR count). The SMILES string of the molecule is CC(C)(O)c1cn(-c2ccc(-c3cc(F)c4c(c3)S(=O)(=O)C(O)C4)cc2Cl)c(Cc2ccc(F)cc2Cl)n1. The van der Waals surface area contributed by atoms with E-state index in [-0.39, 0.29) is 38.9 Å². The minimum absolute atomic E-state index is 0.0365. The highest BCUT2D eigenvalue weighted by Crippen LogP contribution is 2.37. The van der Waals surface area contributed by atoms with E-state index < -0.39 is 32.5 Å². The fourth-order valence-electron chi connectivity index (χ4n) is 4.42. The molecule has 11 heteroatoms. The van der Waals surface area contributed by atoms with Gasteiger partial charge in [0.1, 0.15) is 23.1 Å². The monoisotopic (exact) mass is 578 g/mol. The molecule has 1 atom stereocenters. The zero-order valence-electron chi connectivity index (χ0n) is 20.2. The van der Waals surface area contributed by atoms with Crippen LogP contribution in [0.1, 0.15) is 36.5 Å². The first-order chi connectivity index (χ1) is 17.8. The highest BCUT2D eigenvalue weighted by Gasteiger charge is 2.38. The number of hydrogen-bond acceptors (Lipinski definition) is 5. The van der Waals surface area contributed by atoms with Gasteiger partial charge >= 0.3 is 0 Å². The van der Waals surface area contributed by atoms with E-state index in [9.17, 15) is 27.4 Å². The third-order valence-electron chi connectivity index (χ3n) is 6.51. The van der Waals surface area contributed by atoms with Crippen molar-refractivity contribution in [1.29, 1.82) is 0 Å². The second kappa shape index (κ2) is 9.43. The minimum atomic E-state index is -4.04. The average Bonchev–Trinajstić information content (AvgIpc) is 3.35. The molecular formula is C27H22Cl2F2N2O4S. The molecule has 0 fully saturated rings.